The van der Waals surface area contributed by atoms with Crippen molar-refractivity contribution in [3.63, 3.8) is 0 Å². The topological polar surface area (TPSA) is 59.9 Å². The van der Waals surface area contributed by atoms with Crippen LogP contribution in [0.25, 0.3) is 0 Å². The lowest BCUT2D eigenvalue weighted by molar-refractivity contribution is 0.146. The molecule has 2 heterocycles. The molecular weight excluding hydrogens is 349 g/mol. The van der Waals surface area contributed by atoms with E-state index in [9.17, 15) is 8.78 Å². The Morgan fingerprint density at radius 2 is 2.04 bits per heavy atom. The number of halogens is 4. The molecule has 23 heavy (non-hydrogen) atoms. The number of aromatic nitrogens is 3. The van der Waals surface area contributed by atoms with Gasteiger partial charge in [-0.15, -0.1) is 0 Å². The average molecular weight is 363 g/mol. The van der Waals surface area contributed by atoms with Crippen molar-refractivity contribution >= 4 is 29.0 Å². The number of alkyl halides is 2. The van der Waals surface area contributed by atoms with Gasteiger partial charge in [0.1, 0.15) is 34.0 Å². The van der Waals surface area contributed by atoms with Crippen LogP contribution in [0.15, 0.2) is 18.3 Å². The third kappa shape index (κ3) is 4.62. The molecule has 0 amide bonds. The predicted molar refractivity (Wildman–Crippen MR) is 84.6 cm³/mol. The summed E-state index contributed by atoms with van der Waals surface area (Å²) in [5.74, 6) is 0.631. The molecule has 0 aliphatic carbocycles. The lowest BCUT2D eigenvalue weighted by Crippen LogP contribution is -2.25. The third-order valence-corrected chi connectivity index (χ3v) is 3.43. The van der Waals surface area contributed by atoms with Crippen LogP contribution in [0.5, 0.6) is 5.88 Å². The Bertz CT molecular complexity index is 688. The highest BCUT2D eigenvalue weighted by Gasteiger charge is 2.20. The Hall–Kier alpha value is -1.73. The van der Waals surface area contributed by atoms with Crippen molar-refractivity contribution in [1.29, 1.82) is 0 Å². The highest BCUT2D eigenvalue weighted by molar-refractivity contribution is 6.33. The van der Waals surface area contributed by atoms with Crippen LogP contribution in [0.4, 0.5) is 14.6 Å². The molecule has 124 valence electrons. The maximum Gasteiger partial charge on any atom is 0.282 e. The summed E-state index contributed by atoms with van der Waals surface area (Å²) in [5, 5.41) is 3.11. The van der Waals surface area contributed by atoms with Gasteiger partial charge in [-0.1, -0.05) is 23.2 Å². The van der Waals surface area contributed by atoms with E-state index in [0.717, 1.165) is 0 Å². The minimum absolute atomic E-state index is 0.137. The van der Waals surface area contributed by atoms with E-state index in [1.54, 1.807) is 25.3 Å². The summed E-state index contributed by atoms with van der Waals surface area (Å²) >= 11 is 11.9. The fourth-order valence-corrected chi connectivity index (χ4v) is 2.17. The minimum Gasteiger partial charge on any atom is -0.474 e. The molecule has 2 aromatic heterocycles. The predicted octanol–water partition coefficient (Wildman–Crippen LogP) is 4.30. The van der Waals surface area contributed by atoms with Gasteiger partial charge in [0.15, 0.2) is 0 Å². The number of anilines is 1. The SMILES string of the molecule is Cc1nc(NC(C)COc2ncccc2Cl)c(Cl)c(C(F)F)n1. The second-order valence-electron chi connectivity index (χ2n) is 4.77. The van der Waals surface area contributed by atoms with Crippen molar-refractivity contribution in [3.8, 4) is 5.88 Å². The summed E-state index contributed by atoms with van der Waals surface area (Å²) in [4.78, 5) is 11.7. The molecule has 0 spiro atoms. The van der Waals surface area contributed by atoms with Gasteiger partial charge >= 0.3 is 0 Å². The zero-order valence-corrected chi connectivity index (χ0v) is 13.9. The zero-order valence-electron chi connectivity index (χ0n) is 12.4. The van der Waals surface area contributed by atoms with Crippen molar-refractivity contribution in [2.24, 2.45) is 0 Å². The first-order valence-electron chi connectivity index (χ1n) is 6.70. The van der Waals surface area contributed by atoms with E-state index >= 15 is 0 Å². The van der Waals surface area contributed by atoms with Gasteiger partial charge in [0, 0.05) is 6.20 Å². The Kier molecular flexibility index (Phi) is 5.90. The van der Waals surface area contributed by atoms with Crippen LogP contribution in [0.2, 0.25) is 10.0 Å². The van der Waals surface area contributed by atoms with Gasteiger partial charge in [0.05, 0.1) is 6.04 Å². The van der Waals surface area contributed by atoms with Crippen LogP contribution in [0.1, 0.15) is 24.9 Å². The highest BCUT2D eigenvalue weighted by Crippen LogP contribution is 2.30. The van der Waals surface area contributed by atoms with E-state index in [-0.39, 0.29) is 29.3 Å². The average Bonchev–Trinajstić information content (AvgIpc) is 2.49. The van der Waals surface area contributed by atoms with Gasteiger partial charge in [-0.05, 0) is 26.0 Å². The van der Waals surface area contributed by atoms with Gasteiger partial charge in [0.25, 0.3) is 6.43 Å². The molecule has 1 N–H and O–H groups in total. The molecule has 0 radical (unpaired) electrons. The van der Waals surface area contributed by atoms with Crippen molar-refractivity contribution in [2.45, 2.75) is 26.3 Å². The molecule has 1 unspecified atom stereocenters. The van der Waals surface area contributed by atoms with Crippen molar-refractivity contribution in [3.05, 3.63) is 39.9 Å². The molecule has 5 nitrogen and oxygen atoms in total. The molecule has 1 atom stereocenters. The van der Waals surface area contributed by atoms with E-state index in [0.29, 0.717) is 10.9 Å². The Balaban J connectivity index is 2.06. The lowest BCUT2D eigenvalue weighted by Gasteiger charge is -2.17. The largest absolute Gasteiger partial charge is 0.474 e. The second-order valence-corrected chi connectivity index (χ2v) is 5.55. The number of aryl methyl sites for hydroxylation is 1. The fourth-order valence-electron chi connectivity index (χ4n) is 1.78. The number of rotatable bonds is 6. The van der Waals surface area contributed by atoms with Crippen molar-refractivity contribution in [2.75, 3.05) is 11.9 Å². The summed E-state index contributed by atoms with van der Waals surface area (Å²) < 4.78 is 31.3. The Morgan fingerprint density at radius 1 is 1.30 bits per heavy atom. The third-order valence-electron chi connectivity index (χ3n) is 2.77. The van der Waals surface area contributed by atoms with Crippen LogP contribution < -0.4 is 10.1 Å². The molecule has 9 heteroatoms. The molecule has 0 saturated heterocycles. The molecule has 2 aromatic rings. The summed E-state index contributed by atoms with van der Waals surface area (Å²) in [6.45, 7) is 3.50. The maximum absolute atomic E-state index is 12.9. The van der Waals surface area contributed by atoms with Crippen LogP contribution in [0, 0.1) is 6.92 Å². The summed E-state index contributed by atoms with van der Waals surface area (Å²) in [5.41, 5.74) is -0.498. The smallest absolute Gasteiger partial charge is 0.282 e. The monoisotopic (exact) mass is 362 g/mol. The van der Waals surface area contributed by atoms with E-state index in [1.807, 2.05) is 0 Å². The van der Waals surface area contributed by atoms with Crippen molar-refractivity contribution in [1.82, 2.24) is 15.0 Å². The van der Waals surface area contributed by atoms with Gasteiger partial charge in [-0.3, -0.25) is 0 Å². The van der Waals surface area contributed by atoms with E-state index in [2.05, 4.69) is 20.3 Å². The molecular formula is C14H14Cl2F2N4O. The van der Waals surface area contributed by atoms with Gasteiger partial charge in [0.2, 0.25) is 5.88 Å². The van der Waals surface area contributed by atoms with Crippen molar-refractivity contribution < 1.29 is 13.5 Å². The fraction of sp³-hybridized carbons (Fsp3) is 0.357. The first kappa shape index (κ1) is 17.6. The van der Waals surface area contributed by atoms with Gasteiger partial charge in [-0.25, -0.2) is 23.7 Å². The summed E-state index contributed by atoms with van der Waals surface area (Å²) in [6.07, 6.45) is -1.22. The maximum atomic E-state index is 12.9. The van der Waals surface area contributed by atoms with E-state index < -0.39 is 12.1 Å². The summed E-state index contributed by atoms with van der Waals surface area (Å²) in [7, 11) is 0. The highest BCUT2D eigenvalue weighted by atomic mass is 35.5. The van der Waals surface area contributed by atoms with Gasteiger partial charge in [-0.2, -0.15) is 0 Å². The molecule has 0 fully saturated rings. The normalized spacial score (nSPS) is 12.3. The minimum atomic E-state index is -2.77. The standard InChI is InChI=1S/C14H14Cl2F2N4O/c1-7(6-23-14-9(15)4-3-5-19-14)20-13-10(16)11(12(17)18)21-8(2)22-13/h3-5,7,12H,6H2,1-2H3,(H,20,21,22). The number of pyridine rings is 1. The van der Waals surface area contributed by atoms with Crippen LogP contribution in [0.3, 0.4) is 0 Å². The molecule has 0 aliphatic rings. The van der Waals surface area contributed by atoms with E-state index in [4.69, 9.17) is 27.9 Å². The van der Waals surface area contributed by atoms with Crippen LogP contribution in [-0.2, 0) is 0 Å². The molecule has 2 rings (SSSR count). The number of hydrogen-bond donors (Lipinski definition) is 1. The van der Waals surface area contributed by atoms with Gasteiger partial charge < -0.3 is 10.1 Å². The number of ether oxygens (including phenoxy) is 1. The molecule has 0 aliphatic heterocycles. The van der Waals surface area contributed by atoms with Crippen LogP contribution >= 0.6 is 23.2 Å². The Morgan fingerprint density at radius 3 is 2.70 bits per heavy atom. The van der Waals surface area contributed by atoms with Crippen LogP contribution in [-0.4, -0.2) is 27.6 Å². The summed E-state index contributed by atoms with van der Waals surface area (Å²) in [6, 6.07) is 3.07. The second kappa shape index (κ2) is 7.70. The first-order valence-corrected chi connectivity index (χ1v) is 7.46. The molecule has 0 bridgehead atoms. The number of nitrogens with one attached hydrogen (secondary N) is 1. The number of nitrogens with zero attached hydrogens (tertiary/aromatic N) is 3. The first-order chi connectivity index (χ1) is 10.9. The Labute approximate surface area is 142 Å². The quantitative estimate of drug-likeness (QED) is 0.829. The van der Waals surface area contributed by atoms with E-state index in [1.165, 1.54) is 6.92 Å². The number of hydrogen-bond acceptors (Lipinski definition) is 5. The lowest BCUT2D eigenvalue weighted by atomic mass is 10.3. The molecule has 0 aromatic carbocycles. The zero-order chi connectivity index (χ0) is 17.0. The molecule has 0 saturated carbocycles.